The van der Waals surface area contributed by atoms with Gasteiger partial charge in [0.2, 0.25) is 0 Å². The molecule has 0 spiro atoms. The molecular formula is C21H34IN5O. The quantitative estimate of drug-likeness (QED) is 0.225. The molecule has 2 rings (SSSR count). The highest BCUT2D eigenvalue weighted by atomic mass is 127. The van der Waals surface area contributed by atoms with E-state index in [0.29, 0.717) is 5.75 Å². The minimum absolute atomic E-state index is 0. The van der Waals surface area contributed by atoms with Crippen molar-refractivity contribution in [1.29, 1.82) is 0 Å². The minimum atomic E-state index is 0. The Morgan fingerprint density at radius 3 is 2.50 bits per heavy atom. The molecule has 0 aliphatic heterocycles. The van der Waals surface area contributed by atoms with Gasteiger partial charge >= 0.3 is 0 Å². The molecule has 156 valence electrons. The number of aromatic hydroxyl groups is 1. The zero-order chi connectivity index (χ0) is 19.8. The number of benzene rings is 1. The van der Waals surface area contributed by atoms with Crippen LogP contribution in [0.3, 0.4) is 0 Å². The molecule has 0 aliphatic rings. The van der Waals surface area contributed by atoms with Crippen LogP contribution in [0.25, 0.3) is 0 Å². The summed E-state index contributed by atoms with van der Waals surface area (Å²) in [7, 11) is 1.99. The molecule has 0 radical (unpaired) electrons. The van der Waals surface area contributed by atoms with E-state index in [1.165, 1.54) is 16.8 Å². The number of guanidine groups is 1. The topological polar surface area (TPSA) is 74.5 Å². The maximum Gasteiger partial charge on any atom is 0.191 e. The van der Waals surface area contributed by atoms with Crippen LogP contribution in [0, 0.1) is 13.8 Å². The molecule has 6 nitrogen and oxygen atoms in total. The van der Waals surface area contributed by atoms with Crippen LogP contribution in [-0.2, 0) is 19.9 Å². The fourth-order valence-electron chi connectivity index (χ4n) is 3.16. The number of aliphatic imine (C=N–C) groups is 1. The van der Waals surface area contributed by atoms with Gasteiger partial charge in [-0.1, -0.05) is 12.1 Å². The molecule has 7 heteroatoms. The van der Waals surface area contributed by atoms with Crippen molar-refractivity contribution in [3.8, 4) is 5.75 Å². The molecular weight excluding hydrogens is 465 g/mol. The van der Waals surface area contributed by atoms with Crippen molar-refractivity contribution in [2.24, 2.45) is 12.0 Å². The third kappa shape index (κ3) is 7.33. The van der Waals surface area contributed by atoms with Crippen LogP contribution < -0.4 is 10.6 Å². The minimum Gasteiger partial charge on any atom is -0.508 e. The third-order valence-electron chi connectivity index (χ3n) is 4.73. The Kier molecular flexibility index (Phi) is 10.3. The fourth-order valence-corrected chi connectivity index (χ4v) is 3.16. The van der Waals surface area contributed by atoms with Gasteiger partial charge in [-0.2, -0.15) is 5.10 Å². The highest BCUT2D eigenvalue weighted by Gasteiger charge is 2.13. The molecule has 1 aromatic carbocycles. The van der Waals surface area contributed by atoms with Crippen molar-refractivity contribution in [3.63, 3.8) is 0 Å². The number of halogens is 1. The van der Waals surface area contributed by atoms with Gasteiger partial charge in [-0.25, -0.2) is 0 Å². The maximum atomic E-state index is 9.34. The monoisotopic (exact) mass is 499 g/mol. The van der Waals surface area contributed by atoms with E-state index in [1.807, 2.05) is 23.9 Å². The number of hydrogen-bond donors (Lipinski definition) is 3. The van der Waals surface area contributed by atoms with Crippen molar-refractivity contribution < 1.29 is 5.11 Å². The van der Waals surface area contributed by atoms with Crippen molar-refractivity contribution in [1.82, 2.24) is 20.4 Å². The summed E-state index contributed by atoms with van der Waals surface area (Å²) in [5.41, 5.74) is 4.84. The Labute approximate surface area is 185 Å². The van der Waals surface area contributed by atoms with Gasteiger partial charge in [0.25, 0.3) is 0 Å². The molecule has 1 aromatic heterocycles. The summed E-state index contributed by atoms with van der Waals surface area (Å²) in [6, 6.07) is 7.65. The standard InChI is InChI=1S/C21H33N5O.HI/c1-6-22-21(23-13-7-8-18-9-11-19(27)12-10-18)24-15(2)14-20-16(3)25-26(5)17(20)4;/h9-12,15,27H,6-8,13-14H2,1-5H3,(H2,22,23,24);1H. The van der Waals surface area contributed by atoms with E-state index in [9.17, 15) is 5.11 Å². The molecule has 0 aliphatic carbocycles. The second-order valence-electron chi connectivity index (χ2n) is 7.05. The van der Waals surface area contributed by atoms with Gasteiger partial charge in [0.15, 0.2) is 5.96 Å². The summed E-state index contributed by atoms with van der Waals surface area (Å²) >= 11 is 0. The SMILES string of the molecule is CCNC(=NCCCc1ccc(O)cc1)NC(C)Cc1c(C)nn(C)c1C.I. The highest BCUT2D eigenvalue weighted by molar-refractivity contribution is 14.0. The van der Waals surface area contributed by atoms with Gasteiger partial charge < -0.3 is 15.7 Å². The van der Waals surface area contributed by atoms with E-state index in [1.54, 1.807) is 12.1 Å². The third-order valence-corrected chi connectivity index (χ3v) is 4.73. The molecule has 0 saturated heterocycles. The average molecular weight is 499 g/mol. The molecule has 0 amide bonds. The molecule has 28 heavy (non-hydrogen) atoms. The molecule has 1 atom stereocenters. The highest BCUT2D eigenvalue weighted by Crippen LogP contribution is 2.14. The first-order valence-corrected chi connectivity index (χ1v) is 9.72. The van der Waals surface area contributed by atoms with Crippen LogP contribution in [-0.4, -0.2) is 40.0 Å². The second-order valence-corrected chi connectivity index (χ2v) is 7.05. The molecule has 1 unspecified atom stereocenters. The number of phenols is 1. The largest absolute Gasteiger partial charge is 0.508 e. The van der Waals surface area contributed by atoms with Gasteiger partial charge in [0.1, 0.15) is 5.75 Å². The summed E-state index contributed by atoms with van der Waals surface area (Å²) in [6.45, 7) is 10.0. The van der Waals surface area contributed by atoms with Crippen molar-refractivity contribution in [3.05, 3.63) is 46.8 Å². The van der Waals surface area contributed by atoms with Crippen LogP contribution >= 0.6 is 24.0 Å². The average Bonchev–Trinajstić information content (AvgIpc) is 2.86. The van der Waals surface area contributed by atoms with Gasteiger partial charge in [0.05, 0.1) is 5.69 Å². The van der Waals surface area contributed by atoms with Gasteiger partial charge in [-0.15, -0.1) is 24.0 Å². The predicted octanol–water partition coefficient (Wildman–Crippen LogP) is 3.48. The summed E-state index contributed by atoms with van der Waals surface area (Å²) in [5.74, 6) is 1.17. The number of nitrogens with zero attached hydrogens (tertiary/aromatic N) is 3. The zero-order valence-electron chi connectivity index (χ0n) is 17.6. The number of hydrogen-bond acceptors (Lipinski definition) is 3. The van der Waals surface area contributed by atoms with E-state index in [-0.39, 0.29) is 30.0 Å². The van der Waals surface area contributed by atoms with E-state index in [2.05, 4.69) is 43.4 Å². The van der Waals surface area contributed by atoms with E-state index >= 15 is 0 Å². The normalized spacial score (nSPS) is 12.4. The Balaban J connectivity index is 0.00000392. The van der Waals surface area contributed by atoms with E-state index < -0.39 is 0 Å². The zero-order valence-corrected chi connectivity index (χ0v) is 19.9. The van der Waals surface area contributed by atoms with Crippen LogP contribution in [0.4, 0.5) is 0 Å². The maximum absolute atomic E-state index is 9.34. The van der Waals surface area contributed by atoms with Gasteiger partial charge in [0, 0.05) is 31.9 Å². The van der Waals surface area contributed by atoms with Crippen molar-refractivity contribution in [2.45, 2.75) is 53.0 Å². The first-order chi connectivity index (χ1) is 12.9. The second kappa shape index (κ2) is 11.9. The Bertz CT molecular complexity index is 755. The lowest BCUT2D eigenvalue weighted by atomic mass is 10.1. The number of nitrogens with one attached hydrogen (secondary N) is 2. The van der Waals surface area contributed by atoms with Crippen molar-refractivity contribution in [2.75, 3.05) is 13.1 Å². The Hall–Kier alpha value is -1.77. The predicted molar refractivity (Wildman–Crippen MR) is 127 cm³/mol. The lowest BCUT2D eigenvalue weighted by Crippen LogP contribution is -2.43. The number of aromatic nitrogens is 2. The van der Waals surface area contributed by atoms with Gasteiger partial charge in [-0.3, -0.25) is 9.67 Å². The number of phenolic OH excluding ortho intramolecular Hbond substituents is 1. The lowest BCUT2D eigenvalue weighted by Gasteiger charge is -2.18. The summed E-state index contributed by atoms with van der Waals surface area (Å²) in [6.07, 6.45) is 2.84. The smallest absolute Gasteiger partial charge is 0.191 e. The molecule has 1 heterocycles. The molecule has 3 N–H and O–H groups in total. The first kappa shape index (κ1) is 24.3. The van der Waals surface area contributed by atoms with Crippen LogP contribution in [0.5, 0.6) is 5.75 Å². The van der Waals surface area contributed by atoms with Crippen molar-refractivity contribution >= 4 is 29.9 Å². The Morgan fingerprint density at radius 1 is 1.25 bits per heavy atom. The van der Waals surface area contributed by atoms with E-state index in [0.717, 1.165) is 44.0 Å². The van der Waals surface area contributed by atoms with E-state index in [4.69, 9.17) is 4.99 Å². The van der Waals surface area contributed by atoms with Gasteiger partial charge in [-0.05, 0) is 70.2 Å². The number of aryl methyl sites for hydroxylation is 3. The molecule has 2 aromatic rings. The summed E-state index contributed by atoms with van der Waals surface area (Å²) < 4.78 is 1.94. The number of rotatable bonds is 8. The van der Waals surface area contributed by atoms with Crippen LogP contribution in [0.1, 0.15) is 42.8 Å². The lowest BCUT2D eigenvalue weighted by molar-refractivity contribution is 0.475. The fraction of sp³-hybridized carbons (Fsp3) is 0.524. The molecule has 0 fully saturated rings. The first-order valence-electron chi connectivity index (χ1n) is 9.72. The van der Waals surface area contributed by atoms with Crippen LogP contribution in [0.15, 0.2) is 29.3 Å². The Morgan fingerprint density at radius 2 is 1.93 bits per heavy atom. The molecule has 0 saturated carbocycles. The molecule has 0 bridgehead atoms. The summed E-state index contributed by atoms with van der Waals surface area (Å²) in [4.78, 5) is 4.70. The summed E-state index contributed by atoms with van der Waals surface area (Å²) in [5, 5.41) is 20.7. The van der Waals surface area contributed by atoms with Crippen LogP contribution in [0.2, 0.25) is 0 Å².